The topological polar surface area (TPSA) is 76.9 Å². The Morgan fingerprint density at radius 3 is 2.52 bits per heavy atom. The van der Waals surface area contributed by atoms with Crippen LogP contribution in [-0.2, 0) is 10.0 Å². The van der Waals surface area contributed by atoms with Crippen LogP contribution in [0, 0.1) is 17.5 Å². The van der Waals surface area contributed by atoms with Gasteiger partial charge in [-0.05, 0) is 30.3 Å². The van der Waals surface area contributed by atoms with E-state index < -0.39 is 32.4 Å². The number of anilines is 1. The third-order valence-electron chi connectivity index (χ3n) is 3.16. The summed E-state index contributed by atoms with van der Waals surface area (Å²) in [5.74, 6) is -5.20. The molecule has 0 aliphatic heterocycles. The van der Waals surface area contributed by atoms with Gasteiger partial charge in [-0.25, -0.2) is 31.3 Å². The van der Waals surface area contributed by atoms with Crippen molar-refractivity contribution < 1.29 is 21.6 Å². The molecule has 3 aromatic rings. The fourth-order valence-electron chi connectivity index (χ4n) is 2.04. The van der Waals surface area contributed by atoms with Gasteiger partial charge in [-0.2, -0.15) is 5.10 Å². The number of benzene rings is 2. The van der Waals surface area contributed by atoms with Crippen LogP contribution >= 0.6 is 11.6 Å². The monoisotopic (exact) mass is 388 g/mol. The quantitative estimate of drug-likeness (QED) is 0.697. The SMILES string of the molecule is O=S(=O)(Nc1cc(Cl)ccc1-n1cncn1)c1ccc(F)c(F)c1F. The van der Waals surface area contributed by atoms with Crippen LogP contribution in [0.25, 0.3) is 5.69 Å². The number of hydrogen-bond donors (Lipinski definition) is 1. The smallest absolute Gasteiger partial charge is 0.265 e. The molecule has 3 rings (SSSR count). The van der Waals surface area contributed by atoms with E-state index in [-0.39, 0.29) is 16.4 Å². The van der Waals surface area contributed by atoms with Crippen molar-refractivity contribution in [2.24, 2.45) is 0 Å². The average molecular weight is 389 g/mol. The van der Waals surface area contributed by atoms with Crippen LogP contribution in [0.2, 0.25) is 5.02 Å². The first-order valence-corrected chi connectivity index (χ1v) is 8.46. The third-order valence-corrected chi connectivity index (χ3v) is 4.78. The zero-order chi connectivity index (χ0) is 18.2. The van der Waals surface area contributed by atoms with Gasteiger partial charge in [0.15, 0.2) is 17.5 Å². The highest BCUT2D eigenvalue weighted by Crippen LogP contribution is 2.28. The molecule has 0 amide bonds. The van der Waals surface area contributed by atoms with Crippen LogP contribution in [0.4, 0.5) is 18.9 Å². The largest absolute Gasteiger partial charge is 0.277 e. The molecule has 2 aromatic carbocycles. The molecule has 0 saturated carbocycles. The van der Waals surface area contributed by atoms with E-state index in [1.165, 1.54) is 35.5 Å². The van der Waals surface area contributed by atoms with Crippen LogP contribution in [0.15, 0.2) is 47.9 Å². The first-order chi connectivity index (χ1) is 11.8. The maximum absolute atomic E-state index is 13.8. The normalized spacial score (nSPS) is 11.5. The molecule has 11 heteroatoms. The van der Waals surface area contributed by atoms with Crippen LogP contribution in [0.3, 0.4) is 0 Å². The summed E-state index contributed by atoms with van der Waals surface area (Å²) < 4.78 is 68.3. The van der Waals surface area contributed by atoms with Crippen molar-refractivity contribution in [2.45, 2.75) is 4.90 Å². The van der Waals surface area contributed by atoms with Gasteiger partial charge in [-0.1, -0.05) is 11.6 Å². The number of halogens is 4. The Morgan fingerprint density at radius 1 is 1.08 bits per heavy atom. The Bertz CT molecular complexity index is 1040. The molecule has 0 radical (unpaired) electrons. The molecule has 0 aliphatic rings. The lowest BCUT2D eigenvalue weighted by Crippen LogP contribution is -2.17. The van der Waals surface area contributed by atoms with Gasteiger partial charge >= 0.3 is 0 Å². The van der Waals surface area contributed by atoms with E-state index in [4.69, 9.17) is 11.6 Å². The molecule has 0 aliphatic carbocycles. The second kappa shape index (κ2) is 6.37. The van der Waals surface area contributed by atoms with E-state index in [2.05, 4.69) is 14.8 Å². The van der Waals surface area contributed by atoms with Gasteiger partial charge in [0.25, 0.3) is 10.0 Å². The molecule has 1 aromatic heterocycles. The maximum Gasteiger partial charge on any atom is 0.265 e. The number of sulfonamides is 1. The summed E-state index contributed by atoms with van der Waals surface area (Å²) in [6.07, 6.45) is 2.53. The summed E-state index contributed by atoms with van der Waals surface area (Å²) in [5, 5.41) is 4.05. The first kappa shape index (κ1) is 17.2. The summed E-state index contributed by atoms with van der Waals surface area (Å²) in [4.78, 5) is 2.70. The fraction of sp³-hybridized carbons (Fsp3) is 0. The van der Waals surface area contributed by atoms with Crippen LogP contribution in [-0.4, -0.2) is 23.2 Å². The van der Waals surface area contributed by atoms with Crippen LogP contribution < -0.4 is 4.72 Å². The lowest BCUT2D eigenvalue weighted by molar-refractivity contribution is 0.432. The summed E-state index contributed by atoms with van der Waals surface area (Å²) in [6, 6.07) is 5.33. The van der Waals surface area contributed by atoms with Crippen molar-refractivity contribution in [3.05, 3.63) is 65.5 Å². The molecule has 6 nitrogen and oxygen atoms in total. The summed E-state index contributed by atoms with van der Waals surface area (Å²) in [6.45, 7) is 0. The number of aromatic nitrogens is 3. The molecule has 130 valence electrons. The number of nitrogens with zero attached hydrogens (tertiary/aromatic N) is 3. The number of hydrogen-bond acceptors (Lipinski definition) is 4. The fourth-order valence-corrected chi connectivity index (χ4v) is 3.35. The molecule has 0 atom stereocenters. The molecule has 0 unspecified atom stereocenters. The van der Waals surface area contributed by atoms with Gasteiger partial charge in [0.2, 0.25) is 0 Å². The average Bonchev–Trinajstić information content (AvgIpc) is 3.06. The molecule has 25 heavy (non-hydrogen) atoms. The molecule has 0 saturated heterocycles. The molecule has 0 bridgehead atoms. The van der Waals surface area contributed by atoms with Gasteiger partial charge in [-0.15, -0.1) is 0 Å². The highest BCUT2D eigenvalue weighted by atomic mass is 35.5. The van der Waals surface area contributed by atoms with E-state index in [1.807, 2.05) is 0 Å². The van der Waals surface area contributed by atoms with E-state index in [9.17, 15) is 21.6 Å². The van der Waals surface area contributed by atoms with Crippen molar-refractivity contribution in [1.82, 2.24) is 14.8 Å². The van der Waals surface area contributed by atoms with Crippen LogP contribution in [0.5, 0.6) is 0 Å². The lowest BCUT2D eigenvalue weighted by Gasteiger charge is -2.13. The zero-order valence-corrected chi connectivity index (χ0v) is 13.7. The Kier molecular flexibility index (Phi) is 4.39. The van der Waals surface area contributed by atoms with E-state index in [1.54, 1.807) is 0 Å². The minimum Gasteiger partial charge on any atom is -0.277 e. The van der Waals surface area contributed by atoms with Gasteiger partial charge < -0.3 is 0 Å². The molecular weight excluding hydrogens is 381 g/mol. The first-order valence-electron chi connectivity index (χ1n) is 6.60. The van der Waals surface area contributed by atoms with Crippen molar-refractivity contribution in [2.75, 3.05) is 4.72 Å². The van der Waals surface area contributed by atoms with Crippen molar-refractivity contribution in [3.63, 3.8) is 0 Å². The molecule has 1 heterocycles. The van der Waals surface area contributed by atoms with Gasteiger partial charge in [-0.3, -0.25) is 4.72 Å². The Hall–Kier alpha value is -2.59. The number of rotatable bonds is 4. The Morgan fingerprint density at radius 2 is 1.84 bits per heavy atom. The predicted molar refractivity (Wildman–Crippen MR) is 83.5 cm³/mol. The Balaban J connectivity index is 2.08. The predicted octanol–water partition coefficient (Wildman–Crippen LogP) is 3.14. The molecular formula is C14H8ClF3N4O2S. The number of nitrogens with one attached hydrogen (secondary N) is 1. The van der Waals surface area contributed by atoms with Crippen molar-refractivity contribution >= 4 is 27.3 Å². The van der Waals surface area contributed by atoms with E-state index >= 15 is 0 Å². The van der Waals surface area contributed by atoms with Crippen molar-refractivity contribution in [1.29, 1.82) is 0 Å². The highest BCUT2D eigenvalue weighted by Gasteiger charge is 2.25. The minimum absolute atomic E-state index is 0.0536. The lowest BCUT2D eigenvalue weighted by atomic mass is 10.3. The zero-order valence-electron chi connectivity index (χ0n) is 12.1. The van der Waals surface area contributed by atoms with Gasteiger partial charge in [0.05, 0.1) is 11.4 Å². The highest BCUT2D eigenvalue weighted by molar-refractivity contribution is 7.92. The molecule has 1 N–H and O–H groups in total. The summed E-state index contributed by atoms with van der Waals surface area (Å²) >= 11 is 5.87. The van der Waals surface area contributed by atoms with Gasteiger partial charge in [0.1, 0.15) is 17.6 Å². The summed E-state index contributed by atoms with van der Waals surface area (Å²) in [7, 11) is -4.57. The standard InChI is InChI=1S/C14H8ClF3N4O2S/c15-8-1-3-11(22-7-19-6-20-22)10(5-8)21-25(23,24)12-4-2-9(16)13(17)14(12)18/h1-7,21H. The maximum atomic E-state index is 13.8. The summed E-state index contributed by atoms with van der Waals surface area (Å²) in [5.41, 5.74) is 0.190. The molecule has 0 fully saturated rings. The molecule has 0 spiro atoms. The van der Waals surface area contributed by atoms with E-state index in [0.717, 1.165) is 0 Å². The minimum atomic E-state index is -4.57. The third kappa shape index (κ3) is 3.30. The van der Waals surface area contributed by atoms with Crippen LogP contribution in [0.1, 0.15) is 0 Å². The van der Waals surface area contributed by atoms with E-state index in [0.29, 0.717) is 12.1 Å². The van der Waals surface area contributed by atoms with Crippen molar-refractivity contribution in [3.8, 4) is 5.69 Å². The Labute approximate surface area is 144 Å². The van der Waals surface area contributed by atoms with Gasteiger partial charge in [0, 0.05) is 5.02 Å². The second-order valence-electron chi connectivity index (χ2n) is 4.78. The second-order valence-corrected chi connectivity index (χ2v) is 6.87.